The van der Waals surface area contributed by atoms with Crippen molar-refractivity contribution in [3.63, 3.8) is 0 Å². The molecule has 2 aromatic rings. The van der Waals surface area contributed by atoms with Gasteiger partial charge in [0.1, 0.15) is 0 Å². The van der Waals surface area contributed by atoms with Gasteiger partial charge < -0.3 is 11.1 Å². The van der Waals surface area contributed by atoms with Crippen molar-refractivity contribution in [1.82, 2.24) is 4.98 Å². The molecule has 20 heavy (non-hydrogen) atoms. The monoisotopic (exact) mass is 345 g/mol. The summed E-state index contributed by atoms with van der Waals surface area (Å²) < 4.78 is 39.3. The van der Waals surface area contributed by atoms with Crippen molar-refractivity contribution >= 4 is 27.3 Å². The largest absolute Gasteiger partial charge is 0.418 e. The molecule has 0 saturated carbocycles. The molecule has 0 aliphatic carbocycles. The second-order valence-corrected chi connectivity index (χ2v) is 5.01. The molecule has 1 aromatic carbocycles. The summed E-state index contributed by atoms with van der Waals surface area (Å²) in [7, 11) is 0. The molecular weight excluding hydrogens is 335 g/mol. The first-order chi connectivity index (χ1) is 9.40. The molecule has 1 aromatic heterocycles. The minimum atomic E-state index is -4.44. The van der Waals surface area contributed by atoms with E-state index in [0.717, 1.165) is 11.6 Å². The third kappa shape index (κ3) is 3.49. The zero-order chi connectivity index (χ0) is 14.8. The second-order valence-electron chi connectivity index (χ2n) is 4.10. The van der Waals surface area contributed by atoms with Gasteiger partial charge in [0, 0.05) is 17.2 Å². The molecule has 0 bridgehead atoms. The molecule has 1 heterocycles. The van der Waals surface area contributed by atoms with Gasteiger partial charge in [-0.15, -0.1) is 0 Å². The average Bonchev–Trinajstić information content (AvgIpc) is 2.40. The van der Waals surface area contributed by atoms with Gasteiger partial charge in [0.05, 0.1) is 23.1 Å². The lowest BCUT2D eigenvalue weighted by molar-refractivity contribution is -0.137. The van der Waals surface area contributed by atoms with Crippen molar-refractivity contribution in [2.24, 2.45) is 5.73 Å². The third-order valence-electron chi connectivity index (χ3n) is 2.60. The van der Waals surface area contributed by atoms with Gasteiger partial charge in [0.2, 0.25) is 0 Å². The number of aromatic nitrogens is 1. The molecule has 0 unspecified atom stereocenters. The minimum Gasteiger partial charge on any atom is -0.354 e. The second kappa shape index (κ2) is 5.80. The number of nitrogens with zero attached hydrogens (tertiary/aromatic N) is 1. The van der Waals surface area contributed by atoms with Gasteiger partial charge in [-0.1, -0.05) is 15.9 Å². The smallest absolute Gasteiger partial charge is 0.354 e. The minimum absolute atomic E-state index is 0.0309. The van der Waals surface area contributed by atoms with E-state index in [0.29, 0.717) is 10.2 Å². The number of hydrogen-bond donors (Lipinski definition) is 2. The summed E-state index contributed by atoms with van der Waals surface area (Å²) in [6, 6.07) is 5.59. The lowest BCUT2D eigenvalue weighted by Crippen LogP contribution is -2.09. The number of benzene rings is 1. The van der Waals surface area contributed by atoms with E-state index in [1.165, 1.54) is 18.3 Å². The third-order valence-corrected chi connectivity index (χ3v) is 3.09. The summed E-state index contributed by atoms with van der Waals surface area (Å²) in [4.78, 5) is 3.93. The maximum Gasteiger partial charge on any atom is 0.418 e. The number of nitrogens with one attached hydrogen (secondary N) is 1. The van der Waals surface area contributed by atoms with Crippen molar-refractivity contribution in [3.05, 3.63) is 52.3 Å². The fraction of sp³-hybridized carbons (Fsp3) is 0.154. The molecule has 0 spiro atoms. The molecule has 0 fully saturated rings. The lowest BCUT2D eigenvalue weighted by atomic mass is 10.1. The van der Waals surface area contributed by atoms with Crippen LogP contribution >= 0.6 is 15.9 Å². The Balaban J connectivity index is 2.38. The van der Waals surface area contributed by atoms with Crippen molar-refractivity contribution < 1.29 is 13.2 Å². The topological polar surface area (TPSA) is 50.9 Å². The molecule has 3 N–H and O–H groups in total. The van der Waals surface area contributed by atoms with E-state index in [1.807, 2.05) is 0 Å². The summed E-state index contributed by atoms with van der Waals surface area (Å²) >= 11 is 3.04. The van der Waals surface area contributed by atoms with Crippen LogP contribution in [0.2, 0.25) is 0 Å². The molecule has 2 rings (SSSR count). The normalized spacial score (nSPS) is 11.4. The van der Waals surface area contributed by atoms with Crippen LogP contribution in [0, 0.1) is 0 Å². The first-order valence-electron chi connectivity index (χ1n) is 5.68. The molecular formula is C13H11BrF3N3. The molecule has 0 amide bonds. The van der Waals surface area contributed by atoms with Crippen LogP contribution in [0.3, 0.4) is 0 Å². The van der Waals surface area contributed by atoms with Crippen LogP contribution in [0.4, 0.5) is 24.5 Å². The van der Waals surface area contributed by atoms with E-state index in [4.69, 9.17) is 5.73 Å². The van der Waals surface area contributed by atoms with Gasteiger partial charge in [-0.2, -0.15) is 13.2 Å². The maximum absolute atomic E-state index is 13.0. The number of anilines is 2. The Hall–Kier alpha value is -1.60. The zero-order valence-corrected chi connectivity index (χ0v) is 11.8. The fourth-order valence-electron chi connectivity index (χ4n) is 1.68. The highest BCUT2D eigenvalue weighted by Crippen LogP contribution is 2.37. The highest BCUT2D eigenvalue weighted by atomic mass is 79.9. The van der Waals surface area contributed by atoms with Gasteiger partial charge in [0.25, 0.3) is 0 Å². The van der Waals surface area contributed by atoms with Gasteiger partial charge in [0.15, 0.2) is 0 Å². The van der Waals surface area contributed by atoms with Gasteiger partial charge in [-0.05, 0) is 29.8 Å². The van der Waals surface area contributed by atoms with Crippen LogP contribution < -0.4 is 11.1 Å². The van der Waals surface area contributed by atoms with E-state index in [-0.39, 0.29) is 12.2 Å². The Bertz CT molecular complexity index is 614. The number of hydrogen-bond acceptors (Lipinski definition) is 3. The van der Waals surface area contributed by atoms with Crippen LogP contribution in [0.25, 0.3) is 0 Å². The Morgan fingerprint density at radius 3 is 2.60 bits per heavy atom. The first kappa shape index (κ1) is 14.8. The van der Waals surface area contributed by atoms with E-state index in [2.05, 4.69) is 26.2 Å². The van der Waals surface area contributed by atoms with Crippen LogP contribution in [0.5, 0.6) is 0 Å². The summed E-state index contributed by atoms with van der Waals surface area (Å²) in [5.74, 6) is 0. The highest BCUT2D eigenvalue weighted by molar-refractivity contribution is 9.10. The number of halogens is 4. The molecule has 0 atom stereocenters. The van der Waals surface area contributed by atoms with Crippen LogP contribution in [0.1, 0.15) is 11.1 Å². The van der Waals surface area contributed by atoms with E-state index >= 15 is 0 Å². The molecule has 0 radical (unpaired) electrons. The van der Waals surface area contributed by atoms with Crippen molar-refractivity contribution in [2.45, 2.75) is 12.7 Å². The van der Waals surface area contributed by atoms with E-state index in [9.17, 15) is 13.2 Å². The predicted molar refractivity (Wildman–Crippen MR) is 74.6 cm³/mol. The molecule has 7 heteroatoms. The zero-order valence-electron chi connectivity index (χ0n) is 10.2. The average molecular weight is 346 g/mol. The standard InChI is InChI=1S/C13H11BrF3N3/c14-9-1-2-12(11(4-9)13(15,16)17)20-10-3-8(5-18)6-19-7-10/h1-4,6-7,20H,5,18H2. The molecule has 3 nitrogen and oxygen atoms in total. The fourth-order valence-corrected chi connectivity index (χ4v) is 2.04. The number of nitrogens with two attached hydrogens (primary N) is 1. The summed E-state index contributed by atoms with van der Waals surface area (Å²) in [6.45, 7) is 0.273. The first-order valence-corrected chi connectivity index (χ1v) is 6.47. The Labute approximate surface area is 122 Å². The highest BCUT2D eigenvalue weighted by Gasteiger charge is 2.33. The van der Waals surface area contributed by atoms with Gasteiger partial charge >= 0.3 is 6.18 Å². The maximum atomic E-state index is 13.0. The number of rotatable bonds is 3. The van der Waals surface area contributed by atoms with Crippen molar-refractivity contribution in [2.75, 3.05) is 5.32 Å². The van der Waals surface area contributed by atoms with Crippen LogP contribution in [0.15, 0.2) is 41.1 Å². The SMILES string of the molecule is NCc1cncc(Nc2ccc(Br)cc2C(F)(F)F)c1. The van der Waals surface area contributed by atoms with Crippen LogP contribution in [-0.4, -0.2) is 4.98 Å². The molecule has 0 aliphatic heterocycles. The van der Waals surface area contributed by atoms with Crippen LogP contribution in [-0.2, 0) is 12.7 Å². The lowest BCUT2D eigenvalue weighted by Gasteiger charge is -2.15. The Morgan fingerprint density at radius 2 is 1.95 bits per heavy atom. The summed E-state index contributed by atoms with van der Waals surface area (Å²) in [6.07, 6.45) is -1.43. The van der Waals surface area contributed by atoms with E-state index in [1.54, 1.807) is 12.3 Å². The Morgan fingerprint density at radius 1 is 1.20 bits per heavy atom. The summed E-state index contributed by atoms with van der Waals surface area (Å²) in [5.41, 5.74) is 5.90. The van der Waals surface area contributed by atoms with Gasteiger partial charge in [-0.25, -0.2) is 0 Å². The van der Waals surface area contributed by atoms with Gasteiger partial charge in [-0.3, -0.25) is 4.98 Å². The van der Waals surface area contributed by atoms with E-state index < -0.39 is 11.7 Å². The predicted octanol–water partition coefficient (Wildman–Crippen LogP) is 4.07. The molecule has 106 valence electrons. The van der Waals surface area contributed by atoms with Crippen molar-refractivity contribution in [1.29, 1.82) is 0 Å². The molecule has 0 saturated heterocycles. The number of alkyl halides is 3. The van der Waals surface area contributed by atoms with Crippen molar-refractivity contribution in [3.8, 4) is 0 Å². The Kier molecular flexibility index (Phi) is 4.29. The quantitative estimate of drug-likeness (QED) is 0.881. The number of pyridine rings is 1. The summed E-state index contributed by atoms with van der Waals surface area (Å²) in [5, 5.41) is 2.72. The molecule has 0 aliphatic rings.